The van der Waals surface area contributed by atoms with Crippen molar-refractivity contribution >= 4 is 22.8 Å². The van der Waals surface area contributed by atoms with Crippen LogP contribution in [0.2, 0.25) is 0 Å². The van der Waals surface area contributed by atoms with Gasteiger partial charge in [-0.15, -0.1) is 0 Å². The Morgan fingerprint density at radius 2 is 1.78 bits per heavy atom. The second-order valence-corrected chi connectivity index (χ2v) is 10.3. The number of likely N-dealkylation sites (N-methyl/N-ethyl adjacent to an activating group) is 1. The van der Waals surface area contributed by atoms with E-state index in [1.807, 2.05) is 6.07 Å². The fourth-order valence-corrected chi connectivity index (χ4v) is 4.76. The fourth-order valence-electron chi connectivity index (χ4n) is 4.76. The molecule has 2 aromatic heterocycles. The largest absolute Gasteiger partial charge is 0.504 e. The predicted molar refractivity (Wildman–Crippen MR) is 158 cm³/mol. The van der Waals surface area contributed by atoms with E-state index in [0.29, 0.717) is 36.7 Å². The first-order valence-electron chi connectivity index (χ1n) is 13.9. The molecule has 0 unspecified atom stereocenters. The number of hydrogen-bond donors (Lipinski definition) is 8. The molecule has 0 spiro atoms. The van der Waals surface area contributed by atoms with Crippen LogP contribution < -0.4 is 30.7 Å². The van der Waals surface area contributed by atoms with Crippen LogP contribution >= 0.6 is 0 Å². The van der Waals surface area contributed by atoms with E-state index in [4.69, 9.17) is 29.1 Å². The van der Waals surface area contributed by atoms with E-state index in [-0.39, 0.29) is 34.8 Å². The van der Waals surface area contributed by atoms with Crippen LogP contribution in [0.3, 0.4) is 0 Å². The van der Waals surface area contributed by atoms with Crippen LogP contribution in [-0.4, -0.2) is 94.0 Å². The number of ether oxygens (including phenoxy) is 4. The van der Waals surface area contributed by atoms with Crippen molar-refractivity contribution in [3.8, 4) is 34.3 Å². The number of carboxylic acids is 1. The van der Waals surface area contributed by atoms with Gasteiger partial charge >= 0.3 is 5.97 Å². The molecule has 1 aliphatic rings. The highest BCUT2D eigenvalue weighted by molar-refractivity contribution is 5.89. The maximum atomic E-state index is 13.2. The molecule has 2 aromatic carbocycles. The predicted octanol–water partition coefficient (Wildman–Crippen LogP) is 0.567. The maximum Gasteiger partial charge on any atom is 0.335 e. The van der Waals surface area contributed by atoms with Crippen molar-refractivity contribution in [3.63, 3.8) is 0 Å². The van der Waals surface area contributed by atoms with Crippen molar-refractivity contribution in [1.82, 2.24) is 10.3 Å². The fraction of sp³-hybridized carbons (Fsp3) is 0.333. The number of hydrogen-bond acceptors (Lipinski definition) is 13. The van der Waals surface area contributed by atoms with Gasteiger partial charge in [-0.3, -0.25) is 4.79 Å². The van der Waals surface area contributed by atoms with Gasteiger partial charge in [-0.05, 0) is 43.4 Å². The summed E-state index contributed by atoms with van der Waals surface area (Å²) in [4.78, 5) is 27.8. The number of fused-ring (bicyclic) bond motifs is 1. The first kappa shape index (κ1) is 31.6. The molecule has 15 nitrogen and oxygen atoms in total. The van der Waals surface area contributed by atoms with Crippen LogP contribution in [0.1, 0.15) is 5.69 Å². The molecule has 5 rings (SSSR count). The number of carbonyl (C=O) groups is 1. The maximum absolute atomic E-state index is 13.2. The van der Waals surface area contributed by atoms with Crippen LogP contribution in [0.25, 0.3) is 22.3 Å². The molecule has 0 amide bonds. The molecular formula is C30H33N3O12. The number of aromatic nitrogens is 1. The molecule has 1 fully saturated rings. The van der Waals surface area contributed by atoms with E-state index >= 15 is 0 Å². The number of rotatable bonds is 12. The van der Waals surface area contributed by atoms with Gasteiger partial charge in [-0.1, -0.05) is 0 Å². The summed E-state index contributed by atoms with van der Waals surface area (Å²) in [6.45, 7) is 0.739. The van der Waals surface area contributed by atoms with Crippen molar-refractivity contribution in [2.24, 2.45) is 0 Å². The van der Waals surface area contributed by atoms with Crippen LogP contribution in [0, 0.1) is 0 Å². The number of benzene rings is 2. The highest BCUT2D eigenvalue weighted by atomic mass is 16.7. The Bertz CT molecular complexity index is 1700. The van der Waals surface area contributed by atoms with Crippen molar-refractivity contribution in [1.29, 1.82) is 0 Å². The van der Waals surface area contributed by atoms with E-state index in [9.17, 15) is 35.1 Å². The summed E-state index contributed by atoms with van der Waals surface area (Å²) in [5, 5.41) is 53.8. The van der Waals surface area contributed by atoms with Crippen molar-refractivity contribution in [3.05, 3.63) is 64.4 Å². The van der Waals surface area contributed by atoms with Gasteiger partial charge in [0.15, 0.2) is 23.0 Å². The smallest absolute Gasteiger partial charge is 0.335 e. The molecule has 1 aliphatic heterocycles. The zero-order valence-corrected chi connectivity index (χ0v) is 24.0. The minimum absolute atomic E-state index is 0.00991. The number of aromatic hydroxyl groups is 1. The van der Waals surface area contributed by atoms with E-state index in [1.165, 1.54) is 12.1 Å². The summed E-state index contributed by atoms with van der Waals surface area (Å²) in [6, 6.07) is 12.8. The molecule has 45 heavy (non-hydrogen) atoms. The second-order valence-electron chi connectivity index (χ2n) is 10.3. The zero-order chi connectivity index (χ0) is 32.2. The van der Waals surface area contributed by atoms with E-state index in [2.05, 4.69) is 10.3 Å². The lowest BCUT2D eigenvalue weighted by atomic mass is 9.99. The Hall–Kier alpha value is -4.80. The molecule has 3 heterocycles. The normalized spacial score (nSPS) is 21.5. The summed E-state index contributed by atoms with van der Waals surface area (Å²) >= 11 is 0. The van der Waals surface area contributed by atoms with E-state index < -0.39 is 47.9 Å². The van der Waals surface area contributed by atoms with Gasteiger partial charge in [-0.2, -0.15) is 0 Å². The highest BCUT2D eigenvalue weighted by Crippen LogP contribution is 2.43. The highest BCUT2D eigenvalue weighted by Gasteiger charge is 2.48. The number of phenolic OH excluding ortho intramolecular Hbond substituents is 1. The third-order valence-corrected chi connectivity index (χ3v) is 7.12. The molecule has 0 radical (unpaired) electrons. The zero-order valence-electron chi connectivity index (χ0n) is 24.0. The Morgan fingerprint density at radius 1 is 1.02 bits per heavy atom. The molecule has 0 bridgehead atoms. The lowest BCUT2D eigenvalue weighted by molar-refractivity contribution is -0.271. The number of aliphatic hydroxyl groups excluding tert-OH is 3. The molecule has 240 valence electrons. The number of nitrogens with one attached hydrogen (secondary N) is 2. The summed E-state index contributed by atoms with van der Waals surface area (Å²) in [6.07, 6.45) is -8.89. The number of aliphatic hydroxyl groups is 3. The van der Waals surface area contributed by atoms with Gasteiger partial charge < -0.3 is 64.9 Å². The Kier molecular flexibility index (Phi) is 9.45. The Balaban J connectivity index is 1.44. The van der Waals surface area contributed by atoms with Crippen LogP contribution in [0.5, 0.6) is 23.0 Å². The van der Waals surface area contributed by atoms with Gasteiger partial charge in [0.2, 0.25) is 12.0 Å². The monoisotopic (exact) mass is 627 g/mol. The number of carboxylic acid groups (broad SMARTS) is 1. The Morgan fingerprint density at radius 3 is 2.44 bits per heavy atom. The third-order valence-electron chi connectivity index (χ3n) is 7.12. The van der Waals surface area contributed by atoms with Gasteiger partial charge in [0.25, 0.3) is 0 Å². The number of H-pyrrole nitrogens is 1. The van der Waals surface area contributed by atoms with Crippen LogP contribution in [0.15, 0.2) is 57.7 Å². The van der Waals surface area contributed by atoms with Gasteiger partial charge in [0, 0.05) is 36.4 Å². The molecule has 4 aromatic rings. The van der Waals surface area contributed by atoms with Crippen molar-refractivity contribution in [2.45, 2.75) is 37.1 Å². The lowest BCUT2D eigenvalue weighted by Crippen LogP contribution is -2.61. The number of nitrogens with two attached hydrogens (primary N) is 1. The minimum atomic E-state index is -1.94. The summed E-state index contributed by atoms with van der Waals surface area (Å²) < 4.78 is 28.3. The van der Waals surface area contributed by atoms with Crippen LogP contribution in [-0.2, 0) is 16.0 Å². The molecular weight excluding hydrogens is 594 g/mol. The first-order valence-corrected chi connectivity index (χ1v) is 13.9. The molecule has 15 heteroatoms. The van der Waals surface area contributed by atoms with Gasteiger partial charge in [-0.25, -0.2) is 4.79 Å². The number of aromatic amines is 1. The number of phenols is 1. The minimum Gasteiger partial charge on any atom is -0.504 e. The molecule has 1 saturated heterocycles. The standard InChI is InChI=1S/C30H33N3O12/c1-32-9-11-42-27-20(44-30-26(38)24(36)25(37)28(45-30)29(39)40)13-19-22(23(27)35)17(34)12-18(43-19)14-2-5-16(6-3-14)41-10-8-15-4-7-21(31)33-15/h2-7,12-13,24-26,28,30,32-33,35-38H,8-11,31H2,1H3,(H,39,40)/t24-,25+,26-,28+,30-/m1/s1. The first-order chi connectivity index (χ1) is 21.6. The molecule has 9 N–H and O–H groups in total. The average Bonchev–Trinajstić information content (AvgIpc) is 3.43. The van der Waals surface area contributed by atoms with E-state index in [0.717, 1.165) is 5.69 Å². The van der Waals surface area contributed by atoms with Crippen molar-refractivity contribution in [2.75, 3.05) is 32.5 Å². The summed E-state index contributed by atoms with van der Waals surface area (Å²) in [7, 11) is 1.67. The SMILES string of the molecule is CNCCOc1c(O[C@@H]2O[C@H](C(=O)O)[C@@H](O)[C@@H](O)[C@H]2O)cc2oc(-c3ccc(OCCc4ccc(N)[nH]4)cc3)cc(=O)c2c1O. The van der Waals surface area contributed by atoms with Crippen molar-refractivity contribution < 1.29 is 53.7 Å². The summed E-state index contributed by atoms with van der Waals surface area (Å²) in [5.74, 6) is -1.55. The third kappa shape index (κ3) is 6.82. The quantitative estimate of drug-likeness (QED) is 0.100. The number of aliphatic carboxylic acids is 1. The topological polar surface area (TPSA) is 239 Å². The van der Waals surface area contributed by atoms with Crippen LogP contribution in [0.4, 0.5) is 5.82 Å². The molecule has 5 atom stereocenters. The second kappa shape index (κ2) is 13.5. The average molecular weight is 628 g/mol. The van der Waals surface area contributed by atoms with Gasteiger partial charge in [0.05, 0.1) is 6.61 Å². The lowest BCUT2D eigenvalue weighted by Gasteiger charge is -2.38. The number of nitrogen functional groups attached to an aromatic ring is 1. The molecule has 0 saturated carbocycles. The summed E-state index contributed by atoms with van der Waals surface area (Å²) in [5.41, 5.74) is 6.41. The Labute approximate surface area is 255 Å². The van der Waals surface area contributed by atoms with Gasteiger partial charge in [0.1, 0.15) is 53.2 Å². The molecule has 0 aliphatic carbocycles. The van der Waals surface area contributed by atoms with E-state index in [1.54, 1.807) is 37.4 Å². The number of anilines is 1.